The highest BCUT2D eigenvalue weighted by molar-refractivity contribution is 5.27. The van der Waals surface area contributed by atoms with E-state index in [-0.39, 0.29) is 12.1 Å². The van der Waals surface area contributed by atoms with Crippen LogP contribution < -0.4 is 5.32 Å². The molecular formula is C11H12F3NO. The summed E-state index contributed by atoms with van der Waals surface area (Å²) >= 11 is 0. The number of benzene rings is 1. The maximum Gasteiger partial charge on any atom is 0.194 e. The van der Waals surface area contributed by atoms with Crippen LogP contribution in [0, 0.1) is 17.5 Å². The fourth-order valence-electron chi connectivity index (χ4n) is 2.00. The average molecular weight is 231 g/mol. The summed E-state index contributed by atoms with van der Waals surface area (Å²) < 4.78 is 39.3. The Morgan fingerprint density at radius 2 is 1.94 bits per heavy atom. The molecule has 1 aromatic rings. The van der Waals surface area contributed by atoms with E-state index in [0.717, 1.165) is 18.7 Å². The van der Waals surface area contributed by atoms with Crippen LogP contribution in [0.4, 0.5) is 13.2 Å². The first-order valence-electron chi connectivity index (χ1n) is 5.12. The Labute approximate surface area is 91.1 Å². The molecule has 1 heterocycles. The van der Waals surface area contributed by atoms with Crippen LogP contribution in [0.5, 0.6) is 0 Å². The zero-order valence-corrected chi connectivity index (χ0v) is 8.56. The topological polar surface area (TPSA) is 32.3 Å². The zero-order chi connectivity index (χ0) is 11.8. The molecule has 1 aliphatic heterocycles. The number of β-amino-alcohol motifs (C(OH)–C–C–N with tert-alkyl or cyclic N) is 1. The lowest BCUT2D eigenvalue weighted by Crippen LogP contribution is -2.44. The normalized spacial score (nSPS) is 25.8. The molecule has 1 fully saturated rings. The lowest BCUT2D eigenvalue weighted by molar-refractivity contribution is 0.00834. The second kappa shape index (κ2) is 4.07. The Hall–Kier alpha value is -1.07. The van der Waals surface area contributed by atoms with E-state index in [9.17, 15) is 18.3 Å². The summed E-state index contributed by atoms with van der Waals surface area (Å²) in [5.41, 5.74) is -1.63. The fraction of sp³-hybridized carbons (Fsp3) is 0.455. The molecule has 1 atom stereocenters. The maximum absolute atomic E-state index is 13.5. The van der Waals surface area contributed by atoms with Crippen LogP contribution in [0.2, 0.25) is 0 Å². The van der Waals surface area contributed by atoms with Crippen LogP contribution in [0.25, 0.3) is 0 Å². The number of nitrogens with one attached hydrogen (secondary N) is 1. The van der Waals surface area contributed by atoms with E-state index < -0.39 is 23.1 Å². The quantitative estimate of drug-likeness (QED) is 0.721. The third-order valence-corrected chi connectivity index (χ3v) is 2.90. The first kappa shape index (κ1) is 11.4. The van der Waals surface area contributed by atoms with E-state index in [0.29, 0.717) is 12.8 Å². The Morgan fingerprint density at radius 1 is 1.19 bits per heavy atom. The van der Waals surface area contributed by atoms with Gasteiger partial charge in [0.1, 0.15) is 5.60 Å². The Morgan fingerprint density at radius 3 is 2.56 bits per heavy atom. The molecule has 1 aliphatic rings. The molecule has 0 radical (unpaired) electrons. The van der Waals surface area contributed by atoms with E-state index in [1.54, 1.807) is 0 Å². The molecule has 1 aromatic carbocycles. The van der Waals surface area contributed by atoms with E-state index >= 15 is 0 Å². The van der Waals surface area contributed by atoms with Crippen LogP contribution >= 0.6 is 0 Å². The minimum Gasteiger partial charge on any atom is -0.384 e. The van der Waals surface area contributed by atoms with Crippen molar-refractivity contribution in [2.45, 2.75) is 18.4 Å². The minimum absolute atomic E-state index is 0.148. The summed E-state index contributed by atoms with van der Waals surface area (Å²) in [6.07, 6.45) is 0.997. The SMILES string of the molecule is OC1(c2ccc(F)c(F)c2F)CCCNC1. The lowest BCUT2D eigenvalue weighted by atomic mass is 9.86. The van der Waals surface area contributed by atoms with Crippen molar-refractivity contribution in [1.29, 1.82) is 0 Å². The predicted molar refractivity (Wildman–Crippen MR) is 52.3 cm³/mol. The molecule has 2 nitrogen and oxygen atoms in total. The Balaban J connectivity index is 2.43. The molecule has 0 spiro atoms. The fourth-order valence-corrected chi connectivity index (χ4v) is 2.00. The van der Waals surface area contributed by atoms with Gasteiger partial charge in [-0.05, 0) is 25.5 Å². The van der Waals surface area contributed by atoms with Gasteiger partial charge in [0.05, 0.1) is 0 Å². The Bertz CT molecular complexity index is 402. The largest absolute Gasteiger partial charge is 0.384 e. The first-order valence-corrected chi connectivity index (χ1v) is 5.12. The molecule has 0 aromatic heterocycles. The second-order valence-electron chi connectivity index (χ2n) is 4.03. The predicted octanol–water partition coefficient (Wildman–Crippen LogP) is 1.67. The van der Waals surface area contributed by atoms with Crippen LogP contribution in [-0.4, -0.2) is 18.2 Å². The van der Waals surface area contributed by atoms with Gasteiger partial charge in [-0.1, -0.05) is 6.07 Å². The molecule has 1 saturated heterocycles. The summed E-state index contributed by atoms with van der Waals surface area (Å²) in [4.78, 5) is 0. The van der Waals surface area contributed by atoms with Crippen molar-refractivity contribution in [1.82, 2.24) is 5.32 Å². The van der Waals surface area contributed by atoms with Gasteiger partial charge in [0, 0.05) is 12.1 Å². The van der Waals surface area contributed by atoms with Crippen molar-refractivity contribution in [3.8, 4) is 0 Å². The molecule has 0 bridgehead atoms. The number of piperidine rings is 1. The van der Waals surface area contributed by atoms with Gasteiger partial charge >= 0.3 is 0 Å². The van der Waals surface area contributed by atoms with Gasteiger partial charge in [-0.2, -0.15) is 0 Å². The minimum atomic E-state index is -1.53. The van der Waals surface area contributed by atoms with Crippen LogP contribution in [0.15, 0.2) is 12.1 Å². The van der Waals surface area contributed by atoms with E-state index in [1.807, 2.05) is 0 Å². The molecule has 0 aliphatic carbocycles. The van der Waals surface area contributed by atoms with Crippen LogP contribution in [0.1, 0.15) is 18.4 Å². The highest BCUT2D eigenvalue weighted by Gasteiger charge is 2.35. The standard InChI is InChI=1S/C11H12F3NO/c12-8-3-2-7(9(13)10(8)14)11(16)4-1-5-15-6-11/h2-3,15-16H,1,4-6H2. The van der Waals surface area contributed by atoms with Gasteiger partial charge in [-0.15, -0.1) is 0 Å². The van der Waals surface area contributed by atoms with Crippen molar-refractivity contribution in [2.24, 2.45) is 0 Å². The first-order chi connectivity index (χ1) is 7.54. The molecule has 2 rings (SSSR count). The lowest BCUT2D eigenvalue weighted by Gasteiger charge is -2.33. The summed E-state index contributed by atoms with van der Waals surface area (Å²) in [6, 6.07) is 1.93. The third-order valence-electron chi connectivity index (χ3n) is 2.90. The summed E-state index contributed by atoms with van der Waals surface area (Å²) in [5.74, 6) is -4.07. The molecule has 2 N–H and O–H groups in total. The molecule has 88 valence electrons. The third kappa shape index (κ3) is 1.81. The van der Waals surface area contributed by atoms with Crippen LogP contribution in [0.3, 0.4) is 0 Å². The van der Waals surface area contributed by atoms with Gasteiger partial charge in [0.25, 0.3) is 0 Å². The van der Waals surface area contributed by atoms with Crippen LogP contribution in [-0.2, 0) is 5.60 Å². The number of rotatable bonds is 1. The highest BCUT2D eigenvalue weighted by Crippen LogP contribution is 2.31. The number of hydrogen-bond acceptors (Lipinski definition) is 2. The molecule has 0 saturated carbocycles. The van der Waals surface area contributed by atoms with Crippen molar-refractivity contribution in [3.05, 3.63) is 35.1 Å². The molecule has 1 unspecified atom stereocenters. The second-order valence-corrected chi connectivity index (χ2v) is 4.03. The molecular weight excluding hydrogens is 219 g/mol. The summed E-state index contributed by atoms with van der Waals surface area (Å²) in [6.45, 7) is 0.878. The Kier molecular flexibility index (Phi) is 2.90. The summed E-state index contributed by atoms with van der Waals surface area (Å²) in [7, 11) is 0. The van der Waals surface area contributed by atoms with E-state index in [2.05, 4.69) is 5.32 Å². The van der Waals surface area contributed by atoms with Gasteiger partial charge in [-0.3, -0.25) is 0 Å². The van der Waals surface area contributed by atoms with Crippen molar-refractivity contribution in [2.75, 3.05) is 13.1 Å². The van der Waals surface area contributed by atoms with Gasteiger partial charge in [0.15, 0.2) is 17.5 Å². The van der Waals surface area contributed by atoms with Crippen molar-refractivity contribution >= 4 is 0 Å². The smallest absolute Gasteiger partial charge is 0.194 e. The number of aliphatic hydroxyl groups is 1. The molecule has 5 heteroatoms. The summed E-state index contributed by atoms with van der Waals surface area (Å²) in [5, 5.41) is 13.0. The van der Waals surface area contributed by atoms with Gasteiger partial charge in [0.2, 0.25) is 0 Å². The number of hydrogen-bond donors (Lipinski definition) is 2. The monoisotopic (exact) mass is 231 g/mol. The van der Waals surface area contributed by atoms with Crippen molar-refractivity contribution in [3.63, 3.8) is 0 Å². The van der Waals surface area contributed by atoms with Gasteiger partial charge < -0.3 is 10.4 Å². The van der Waals surface area contributed by atoms with E-state index in [4.69, 9.17) is 0 Å². The highest BCUT2D eigenvalue weighted by atomic mass is 19.2. The number of halogens is 3. The maximum atomic E-state index is 13.5. The molecule has 16 heavy (non-hydrogen) atoms. The zero-order valence-electron chi connectivity index (χ0n) is 8.56. The molecule has 0 amide bonds. The van der Waals surface area contributed by atoms with Crippen molar-refractivity contribution < 1.29 is 18.3 Å². The van der Waals surface area contributed by atoms with Gasteiger partial charge in [-0.25, -0.2) is 13.2 Å². The van der Waals surface area contributed by atoms with E-state index in [1.165, 1.54) is 0 Å². The average Bonchev–Trinajstić information content (AvgIpc) is 2.27.